The Kier molecular flexibility index (Phi) is 4.63. The summed E-state index contributed by atoms with van der Waals surface area (Å²) in [5, 5.41) is -0.560. The third-order valence-electron chi connectivity index (χ3n) is 2.09. The highest BCUT2D eigenvalue weighted by Crippen LogP contribution is 2.25. The van der Waals surface area contributed by atoms with Gasteiger partial charge in [-0.2, -0.15) is 0 Å². The van der Waals surface area contributed by atoms with Gasteiger partial charge < -0.3 is 4.74 Å². The largest absolute Gasteiger partial charge is 0.494 e. The number of halogens is 1. The minimum absolute atomic E-state index is 0.0327. The van der Waals surface area contributed by atoms with Gasteiger partial charge >= 0.3 is 0 Å². The van der Waals surface area contributed by atoms with Crippen LogP contribution in [-0.4, -0.2) is 12.4 Å². The van der Waals surface area contributed by atoms with E-state index in [1.165, 1.54) is 0 Å². The molecule has 0 aliphatic carbocycles. The van der Waals surface area contributed by atoms with Crippen LogP contribution in [0.2, 0.25) is 0 Å². The molecule has 0 N–H and O–H groups in total. The van der Waals surface area contributed by atoms with E-state index in [1.54, 1.807) is 0 Å². The molecule has 1 aromatic rings. The zero-order valence-electron chi connectivity index (χ0n) is 9.00. The van der Waals surface area contributed by atoms with Crippen LogP contribution in [0.3, 0.4) is 0 Å². The van der Waals surface area contributed by atoms with Crippen molar-refractivity contribution in [3.63, 3.8) is 0 Å². The molecule has 0 radical (unpaired) electrons. The lowest BCUT2D eigenvalue weighted by Gasteiger charge is -2.09. The summed E-state index contributed by atoms with van der Waals surface area (Å²) in [6.07, 6.45) is 0.451. The Hall–Kier alpha value is -1.02. The number of benzene rings is 1. The fourth-order valence-corrected chi connectivity index (χ4v) is 1.58. The van der Waals surface area contributed by atoms with Crippen LogP contribution >= 0.6 is 11.6 Å². The van der Waals surface area contributed by atoms with Crippen molar-refractivity contribution in [2.75, 3.05) is 6.61 Å². The molecule has 1 atom stereocenters. The number of ether oxygens (including phenoxy) is 1. The first kappa shape index (κ1) is 12.1. The first-order valence-electron chi connectivity index (χ1n) is 5.08. The van der Waals surface area contributed by atoms with Crippen molar-refractivity contribution in [2.45, 2.75) is 25.6 Å². The van der Waals surface area contributed by atoms with Crippen molar-refractivity contribution >= 4 is 17.4 Å². The summed E-state index contributed by atoms with van der Waals surface area (Å²) in [6, 6.07) is 7.36. The molecule has 15 heavy (non-hydrogen) atoms. The van der Waals surface area contributed by atoms with E-state index in [9.17, 15) is 4.79 Å². The Labute approximate surface area is 95.2 Å². The lowest BCUT2D eigenvalue weighted by molar-refractivity contribution is -0.118. The molecule has 0 spiro atoms. The third kappa shape index (κ3) is 3.24. The summed E-state index contributed by atoms with van der Waals surface area (Å²) < 4.78 is 5.34. The molecule has 0 fully saturated rings. The van der Waals surface area contributed by atoms with E-state index in [2.05, 4.69) is 0 Å². The van der Waals surface area contributed by atoms with Gasteiger partial charge in [-0.25, -0.2) is 0 Å². The van der Waals surface area contributed by atoms with Gasteiger partial charge in [-0.05, 0) is 24.6 Å². The summed E-state index contributed by atoms with van der Waals surface area (Å²) >= 11 is 6.02. The molecule has 0 heterocycles. The number of hydrogen-bond donors (Lipinski definition) is 0. The molecule has 0 amide bonds. The van der Waals surface area contributed by atoms with Crippen LogP contribution in [0, 0.1) is 0 Å². The van der Waals surface area contributed by atoms with E-state index in [0.29, 0.717) is 13.0 Å². The predicted molar refractivity (Wildman–Crippen MR) is 61.5 cm³/mol. The lowest BCUT2D eigenvalue weighted by atomic mass is 10.1. The second-order valence-electron chi connectivity index (χ2n) is 3.19. The average molecular weight is 227 g/mol. The minimum atomic E-state index is -0.560. The normalized spacial score (nSPS) is 12.2. The highest BCUT2D eigenvalue weighted by Gasteiger charge is 2.15. The van der Waals surface area contributed by atoms with Crippen molar-refractivity contribution in [3.8, 4) is 5.75 Å². The first-order valence-corrected chi connectivity index (χ1v) is 5.52. The highest BCUT2D eigenvalue weighted by atomic mass is 35.5. The number of carbonyl (C=O) groups is 1. The maximum absolute atomic E-state index is 11.4. The summed E-state index contributed by atoms with van der Waals surface area (Å²) in [4.78, 5) is 11.4. The van der Waals surface area contributed by atoms with Crippen molar-refractivity contribution in [1.29, 1.82) is 0 Å². The van der Waals surface area contributed by atoms with Crippen LogP contribution in [0.15, 0.2) is 24.3 Å². The summed E-state index contributed by atoms with van der Waals surface area (Å²) in [6.45, 7) is 4.34. The lowest BCUT2D eigenvalue weighted by Crippen LogP contribution is -2.05. The number of Topliss-reactive ketones (excluding diaryl/α,β-unsaturated/α-hetero) is 1. The van der Waals surface area contributed by atoms with Gasteiger partial charge in [0.25, 0.3) is 0 Å². The molecular weight excluding hydrogens is 212 g/mol. The van der Waals surface area contributed by atoms with Gasteiger partial charge in [-0.15, -0.1) is 11.6 Å². The van der Waals surface area contributed by atoms with E-state index in [1.807, 2.05) is 38.1 Å². The second kappa shape index (κ2) is 5.76. The van der Waals surface area contributed by atoms with E-state index in [-0.39, 0.29) is 5.78 Å². The van der Waals surface area contributed by atoms with Crippen LogP contribution in [0.5, 0.6) is 5.75 Å². The van der Waals surface area contributed by atoms with Crippen molar-refractivity contribution in [3.05, 3.63) is 29.8 Å². The molecular formula is C12H15ClO2. The second-order valence-corrected chi connectivity index (χ2v) is 3.62. The molecule has 0 aromatic heterocycles. The SMILES string of the molecule is CCOc1cccc(C(Cl)C(=O)CC)c1. The molecule has 2 nitrogen and oxygen atoms in total. The summed E-state index contributed by atoms with van der Waals surface area (Å²) in [5.74, 6) is 0.787. The van der Waals surface area contributed by atoms with E-state index < -0.39 is 5.38 Å². The van der Waals surface area contributed by atoms with Crippen molar-refractivity contribution in [2.24, 2.45) is 0 Å². The summed E-state index contributed by atoms with van der Waals surface area (Å²) in [7, 11) is 0. The Morgan fingerprint density at radius 2 is 2.20 bits per heavy atom. The molecule has 3 heteroatoms. The van der Waals surface area contributed by atoms with Gasteiger partial charge in [0.05, 0.1) is 6.61 Å². The fourth-order valence-electron chi connectivity index (χ4n) is 1.29. The Bertz CT molecular complexity index is 336. The maximum Gasteiger partial charge on any atom is 0.154 e. The monoisotopic (exact) mass is 226 g/mol. The van der Waals surface area contributed by atoms with Crippen LogP contribution in [0.25, 0.3) is 0 Å². The van der Waals surface area contributed by atoms with Crippen LogP contribution in [0.4, 0.5) is 0 Å². The number of alkyl halides is 1. The molecule has 0 saturated carbocycles. The van der Waals surface area contributed by atoms with E-state index in [0.717, 1.165) is 11.3 Å². The van der Waals surface area contributed by atoms with Crippen molar-refractivity contribution < 1.29 is 9.53 Å². The maximum atomic E-state index is 11.4. The fraction of sp³-hybridized carbons (Fsp3) is 0.417. The molecule has 0 aliphatic heterocycles. The van der Waals surface area contributed by atoms with Crippen LogP contribution in [0.1, 0.15) is 31.2 Å². The van der Waals surface area contributed by atoms with Gasteiger partial charge in [-0.3, -0.25) is 4.79 Å². The topological polar surface area (TPSA) is 26.3 Å². The first-order chi connectivity index (χ1) is 7.19. The van der Waals surface area contributed by atoms with Gasteiger partial charge in [0.15, 0.2) is 5.78 Å². The number of hydrogen-bond acceptors (Lipinski definition) is 2. The smallest absolute Gasteiger partial charge is 0.154 e. The zero-order chi connectivity index (χ0) is 11.3. The van der Waals surface area contributed by atoms with Crippen LogP contribution < -0.4 is 4.74 Å². The van der Waals surface area contributed by atoms with Gasteiger partial charge in [0.2, 0.25) is 0 Å². The molecule has 0 aliphatic rings. The Balaban J connectivity index is 2.84. The van der Waals surface area contributed by atoms with Crippen molar-refractivity contribution in [1.82, 2.24) is 0 Å². The molecule has 1 rings (SSSR count). The summed E-state index contributed by atoms with van der Waals surface area (Å²) in [5.41, 5.74) is 0.800. The van der Waals surface area contributed by atoms with Gasteiger partial charge in [0.1, 0.15) is 11.1 Å². The zero-order valence-corrected chi connectivity index (χ0v) is 9.75. The Morgan fingerprint density at radius 3 is 2.80 bits per heavy atom. The highest BCUT2D eigenvalue weighted by molar-refractivity contribution is 6.31. The molecule has 0 saturated heterocycles. The van der Waals surface area contributed by atoms with Gasteiger partial charge in [0, 0.05) is 6.42 Å². The molecule has 0 bridgehead atoms. The third-order valence-corrected chi connectivity index (χ3v) is 2.59. The Morgan fingerprint density at radius 1 is 1.47 bits per heavy atom. The number of ketones is 1. The van der Waals surface area contributed by atoms with Gasteiger partial charge in [-0.1, -0.05) is 19.1 Å². The minimum Gasteiger partial charge on any atom is -0.494 e. The number of rotatable bonds is 5. The number of carbonyl (C=O) groups excluding carboxylic acids is 1. The van der Waals surface area contributed by atoms with E-state index in [4.69, 9.17) is 16.3 Å². The molecule has 82 valence electrons. The van der Waals surface area contributed by atoms with Crippen LogP contribution in [-0.2, 0) is 4.79 Å². The predicted octanol–water partition coefficient (Wildman–Crippen LogP) is 3.34. The molecule has 1 aromatic carbocycles. The van der Waals surface area contributed by atoms with E-state index >= 15 is 0 Å². The standard InChI is InChI=1S/C12H15ClO2/c1-3-11(14)12(13)9-6-5-7-10(8-9)15-4-2/h5-8,12H,3-4H2,1-2H3. The molecule has 1 unspecified atom stereocenters. The average Bonchev–Trinajstić information content (AvgIpc) is 2.28. The quantitative estimate of drug-likeness (QED) is 0.720.